The number of imide groups is 1. The van der Waals surface area contributed by atoms with Crippen molar-refractivity contribution in [2.45, 2.75) is 51.7 Å². The Balaban J connectivity index is 1.40. The number of nitrogens with zero attached hydrogens (tertiary/aromatic N) is 2. The number of benzene rings is 1. The van der Waals surface area contributed by atoms with Crippen molar-refractivity contribution in [1.82, 2.24) is 15.1 Å². The van der Waals surface area contributed by atoms with E-state index >= 15 is 0 Å². The van der Waals surface area contributed by atoms with E-state index in [1.165, 1.54) is 5.56 Å². The molecule has 3 rings (SSSR count). The zero-order valence-electron chi connectivity index (χ0n) is 18.1. The third-order valence-electron chi connectivity index (χ3n) is 5.27. The summed E-state index contributed by atoms with van der Waals surface area (Å²) in [6, 6.07) is 7.70. The molecule has 2 aliphatic rings. The van der Waals surface area contributed by atoms with E-state index in [4.69, 9.17) is 4.74 Å². The number of hydrogen-bond acceptors (Lipinski definition) is 6. The van der Waals surface area contributed by atoms with Crippen LogP contribution >= 0.6 is 0 Å². The minimum atomic E-state index is -0.465. The van der Waals surface area contributed by atoms with Gasteiger partial charge in [-0.1, -0.05) is 12.1 Å². The molecule has 0 radical (unpaired) electrons. The molecule has 0 spiro atoms. The molecule has 3 amide bonds. The summed E-state index contributed by atoms with van der Waals surface area (Å²) in [7, 11) is 0. The molecule has 2 N–H and O–H groups in total. The second-order valence-corrected chi connectivity index (χ2v) is 8.90. The topological polar surface area (TPSA) is 91.0 Å². The summed E-state index contributed by atoms with van der Waals surface area (Å²) in [5.41, 5.74) is 1.63. The zero-order valence-corrected chi connectivity index (χ0v) is 18.1. The Morgan fingerprint density at radius 3 is 2.40 bits per heavy atom. The second kappa shape index (κ2) is 9.47. The number of carbonyl (C=O) groups is 3. The maximum absolute atomic E-state index is 12.1. The minimum Gasteiger partial charge on any atom is -0.444 e. The summed E-state index contributed by atoms with van der Waals surface area (Å²) in [6.07, 6.45) is 1.57. The Morgan fingerprint density at radius 2 is 1.80 bits per heavy atom. The van der Waals surface area contributed by atoms with Crippen LogP contribution in [-0.2, 0) is 20.7 Å². The van der Waals surface area contributed by atoms with Crippen LogP contribution in [0.3, 0.4) is 0 Å². The molecule has 2 fully saturated rings. The maximum atomic E-state index is 12.1. The van der Waals surface area contributed by atoms with Gasteiger partial charge in [0.25, 0.3) is 0 Å². The molecule has 8 heteroatoms. The van der Waals surface area contributed by atoms with Crippen LogP contribution in [0.4, 0.5) is 10.5 Å². The van der Waals surface area contributed by atoms with Crippen LogP contribution in [0, 0.1) is 0 Å². The number of amides is 3. The van der Waals surface area contributed by atoms with Gasteiger partial charge in [0.15, 0.2) is 0 Å². The van der Waals surface area contributed by atoms with Crippen molar-refractivity contribution in [3.05, 3.63) is 29.8 Å². The zero-order chi connectivity index (χ0) is 21.7. The van der Waals surface area contributed by atoms with Gasteiger partial charge in [-0.05, 0) is 51.3 Å². The number of piperidine rings is 1. The van der Waals surface area contributed by atoms with E-state index in [1.807, 2.05) is 32.9 Å². The molecule has 0 aromatic heterocycles. The summed E-state index contributed by atoms with van der Waals surface area (Å²) >= 11 is 0. The predicted octanol–water partition coefficient (Wildman–Crippen LogP) is 2.00. The Morgan fingerprint density at radius 1 is 1.13 bits per heavy atom. The quantitative estimate of drug-likeness (QED) is 0.714. The molecular formula is C22H32N4O4. The fraction of sp³-hybridized carbons (Fsp3) is 0.591. The first-order chi connectivity index (χ1) is 14.2. The molecular weight excluding hydrogens is 384 g/mol. The normalized spacial score (nSPS) is 20.6. The lowest BCUT2D eigenvalue weighted by molar-refractivity contribution is -0.133. The van der Waals surface area contributed by atoms with Gasteiger partial charge >= 0.3 is 6.09 Å². The monoisotopic (exact) mass is 416 g/mol. The summed E-state index contributed by atoms with van der Waals surface area (Å²) in [6.45, 7) is 9.63. The van der Waals surface area contributed by atoms with Gasteiger partial charge in [0, 0.05) is 44.8 Å². The van der Waals surface area contributed by atoms with Gasteiger partial charge in [-0.3, -0.25) is 19.8 Å². The van der Waals surface area contributed by atoms with Crippen LogP contribution in [-0.4, -0.2) is 72.1 Å². The van der Waals surface area contributed by atoms with E-state index in [1.54, 1.807) is 4.90 Å². The van der Waals surface area contributed by atoms with Crippen molar-refractivity contribution in [1.29, 1.82) is 0 Å². The van der Waals surface area contributed by atoms with Gasteiger partial charge < -0.3 is 15.0 Å². The highest BCUT2D eigenvalue weighted by atomic mass is 16.6. The maximum Gasteiger partial charge on any atom is 0.410 e. The van der Waals surface area contributed by atoms with Crippen molar-refractivity contribution in [3.8, 4) is 0 Å². The first-order valence-electron chi connectivity index (χ1n) is 10.6. The number of anilines is 1. The lowest BCUT2D eigenvalue weighted by atomic mass is 10.1. The van der Waals surface area contributed by atoms with Crippen molar-refractivity contribution < 1.29 is 19.1 Å². The largest absolute Gasteiger partial charge is 0.444 e. The van der Waals surface area contributed by atoms with Crippen LogP contribution in [0.15, 0.2) is 24.3 Å². The van der Waals surface area contributed by atoms with Gasteiger partial charge in [-0.25, -0.2) is 4.79 Å². The number of hydrogen-bond donors (Lipinski definition) is 2. The number of rotatable bonds is 5. The van der Waals surface area contributed by atoms with Crippen LogP contribution in [0.2, 0.25) is 0 Å². The SMILES string of the molecule is CC(C)(C)OC(=O)N1CCN(CCc2ccc(NC3CCC(=O)NC3=O)cc2)CC1. The number of piperazine rings is 1. The molecule has 0 aliphatic carbocycles. The fourth-order valence-electron chi connectivity index (χ4n) is 3.57. The summed E-state index contributed by atoms with van der Waals surface area (Å²) < 4.78 is 5.44. The van der Waals surface area contributed by atoms with Gasteiger partial charge in [-0.2, -0.15) is 0 Å². The molecule has 30 heavy (non-hydrogen) atoms. The van der Waals surface area contributed by atoms with Gasteiger partial charge in [0.05, 0.1) is 0 Å². The molecule has 1 aromatic carbocycles. The fourth-order valence-corrected chi connectivity index (χ4v) is 3.57. The van der Waals surface area contributed by atoms with Crippen molar-refractivity contribution in [2.75, 3.05) is 38.0 Å². The molecule has 8 nitrogen and oxygen atoms in total. The number of carbonyl (C=O) groups excluding carboxylic acids is 3. The molecule has 1 atom stereocenters. The highest BCUT2D eigenvalue weighted by Gasteiger charge is 2.27. The third-order valence-corrected chi connectivity index (χ3v) is 5.27. The first kappa shape index (κ1) is 22.1. The lowest BCUT2D eigenvalue weighted by Gasteiger charge is -2.35. The molecule has 0 saturated carbocycles. The van der Waals surface area contributed by atoms with Crippen LogP contribution in [0.25, 0.3) is 0 Å². The van der Waals surface area contributed by atoms with Gasteiger partial charge in [0.1, 0.15) is 11.6 Å². The van der Waals surface area contributed by atoms with Crippen molar-refractivity contribution in [3.63, 3.8) is 0 Å². The van der Waals surface area contributed by atoms with E-state index < -0.39 is 5.60 Å². The molecule has 2 heterocycles. The van der Waals surface area contributed by atoms with Crippen LogP contribution in [0.5, 0.6) is 0 Å². The minimum absolute atomic E-state index is 0.208. The third kappa shape index (κ3) is 6.45. The summed E-state index contributed by atoms with van der Waals surface area (Å²) in [4.78, 5) is 39.4. The molecule has 2 saturated heterocycles. The summed E-state index contributed by atoms with van der Waals surface area (Å²) in [5.74, 6) is -0.471. The van der Waals surface area contributed by atoms with Crippen LogP contribution < -0.4 is 10.6 Å². The molecule has 164 valence electrons. The Hall–Kier alpha value is -2.61. The van der Waals surface area contributed by atoms with E-state index in [0.717, 1.165) is 31.7 Å². The average Bonchev–Trinajstić information content (AvgIpc) is 2.68. The molecule has 0 bridgehead atoms. The second-order valence-electron chi connectivity index (χ2n) is 8.90. The average molecular weight is 417 g/mol. The van der Waals surface area contributed by atoms with E-state index in [9.17, 15) is 14.4 Å². The molecule has 2 aliphatic heterocycles. The van der Waals surface area contributed by atoms with Crippen LogP contribution in [0.1, 0.15) is 39.2 Å². The Labute approximate surface area is 177 Å². The Kier molecular flexibility index (Phi) is 6.97. The van der Waals surface area contributed by atoms with Gasteiger partial charge in [0.2, 0.25) is 11.8 Å². The number of nitrogens with one attached hydrogen (secondary N) is 2. The highest BCUT2D eigenvalue weighted by molar-refractivity contribution is 6.01. The van der Waals surface area contributed by atoms with Crippen molar-refractivity contribution >= 4 is 23.6 Å². The van der Waals surface area contributed by atoms with E-state index in [2.05, 4.69) is 27.7 Å². The first-order valence-corrected chi connectivity index (χ1v) is 10.6. The smallest absolute Gasteiger partial charge is 0.410 e. The summed E-state index contributed by atoms with van der Waals surface area (Å²) in [5, 5.41) is 5.55. The lowest BCUT2D eigenvalue weighted by Crippen LogP contribution is -2.50. The van der Waals surface area contributed by atoms with Crippen molar-refractivity contribution in [2.24, 2.45) is 0 Å². The van der Waals surface area contributed by atoms with Gasteiger partial charge in [-0.15, -0.1) is 0 Å². The predicted molar refractivity (Wildman–Crippen MR) is 114 cm³/mol. The highest BCUT2D eigenvalue weighted by Crippen LogP contribution is 2.16. The standard InChI is InChI=1S/C22H32N4O4/c1-22(2,3)30-21(29)26-14-12-25(13-15-26)11-10-16-4-6-17(7-5-16)23-18-8-9-19(27)24-20(18)28/h4-7,18,23H,8-15H2,1-3H3,(H,24,27,28). The van der Waals surface area contributed by atoms with E-state index in [0.29, 0.717) is 25.9 Å². The molecule has 1 unspecified atom stereocenters. The molecule has 1 aromatic rings. The number of ether oxygens (including phenoxy) is 1. The Bertz CT molecular complexity index is 764. The van der Waals surface area contributed by atoms with E-state index in [-0.39, 0.29) is 23.9 Å².